The third kappa shape index (κ3) is 2.21. The van der Waals surface area contributed by atoms with Crippen LogP contribution >= 0.6 is 0 Å². The van der Waals surface area contributed by atoms with Crippen molar-refractivity contribution in [3.63, 3.8) is 0 Å². The van der Waals surface area contributed by atoms with Crippen LogP contribution in [0.2, 0.25) is 0 Å². The summed E-state index contributed by atoms with van der Waals surface area (Å²) in [6.45, 7) is 1.19. The van der Waals surface area contributed by atoms with E-state index in [1.165, 1.54) is 4.57 Å². The molecule has 0 radical (unpaired) electrons. The number of hydrogen-bond donors (Lipinski definition) is 0. The maximum absolute atomic E-state index is 12.4. The minimum Gasteiger partial charge on any atom is -0.381 e. The Morgan fingerprint density at radius 2 is 2.00 bits per heavy atom. The highest BCUT2D eigenvalue weighted by atomic mass is 19.4. The summed E-state index contributed by atoms with van der Waals surface area (Å²) >= 11 is 0. The van der Waals surface area contributed by atoms with Crippen molar-refractivity contribution in [3.8, 4) is 0 Å². The highest BCUT2D eigenvalue weighted by molar-refractivity contribution is 5.11. The van der Waals surface area contributed by atoms with Crippen LogP contribution in [0.5, 0.6) is 0 Å². The van der Waals surface area contributed by atoms with Gasteiger partial charge in [0.25, 0.3) is 0 Å². The maximum atomic E-state index is 12.4. The fourth-order valence-corrected chi connectivity index (χ4v) is 1.95. The molecular formula is C10H13F3N2O. The van der Waals surface area contributed by atoms with Crippen LogP contribution < -0.4 is 0 Å². The van der Waals surface area contributed by atoms with Crippen LogP contribution in [0, 0.1) is 0 Å². The predicted octanol–water partition coefficient (Wildman–Crippen LogP) is 2.33. The lowest BCUT2D eigenvalue weighted by Crippen LogP contribution is -2.17. The quantitative estimate of drug-likeness (QED) is 0.745. The van der Waals surface area contributed by atoms with E-state index in [2.05, 4.69) is 4.98 Å². The molecule has 0 amide bonds. The molecule has 0 bridgehead atoms. The molecule has 6 heteroatoms. The first-order valence-corrected chi connectivity index (χ1v) is 5.16. The molecular weight excluding hydrogens is 221 g/mol. The van der Waals surface area contributed by atoms with Gasteiger partial charge in [-0.25, -0.2) is 4.98 Å². The van der Waals surface area contributed by atoms with Crippen LogP contribution in [0.15, 0.2) is 6.20 Å². The summed E-state index contributed by atoms with van der Waals surface area (Å²) in [6, 6.07) is 0. The number of rotatable bonds is 1. The van der Waals surface area contributed by atoms with Gasteiger partial charge in [-0.15, -0.1) is 0 Å². The van der Waals surface area contributed by atoms with Crippen molar-refractivity contribution in [2.75, 3.05) is 13.2 Å². The first kappa shape index (κ1) is 11.4. The van der Waals surface area contributed by atoms with Gasteiger partial charge >= 0.3 is 6.18 Å². The van der Waals surface area contributed by atoms with Gasteiger partial charge in [0.1, 0.15) is 5.82 Å². The zero-order valence-electron chi connectivity index (χ0n) is 8.92. The monoisotopic (exact) mass is 234 g/mol. The number of imidazole rings is 1. The Morgan fingerprint density at radius 3 is 2.50 bits per heavy atom. The maximum Gasteiger partial charge on any atom is 0.434 e. The van der Waals surface area contributed by atoms with E-state index in [0.717, 1.165) is 19.0 Å². The lowest BCUT2D eigenvalue weighted by molar-refractivity contribution is -0.141. The van der Waals surface area contributed by atoms with Gasteiger partial charge in [-0.1, -0.05) is 0 Å². The fraction of sp³-hybridized carbons (Fsp3) is 0.700. The first-order chi connectivity index (χ1) is 7.48. The highest BCUT2D eigenvalue weighted by Gasteiger charge is 2.35. The van der Waals surface area contributed by atoms with E-state index < -0.39 is 11.9 Å². The van der Waals surface area contributed by atoms with E-state index in [9.17, 15) is 13.2 Å². The molecule has 1 fully saturated rings. The molecule has 1 aromatic rings. The topological polar surface area (TPSA) is 27.1 Å². The van der Waals surface area contributed by atoms with Crippen molar-refractivity contribution in [1.29, 1.82) is 0 Å². The zero-order chi connectivity index (χ0) is 11.8. The van der Waals surface area contributed by atoms with Crippen LogP contribution in [0.3, 0.4) is 0 Å². The molecule has 0 saturated carbocycles. The van der Waals surface area contributed by atoms with E-state index in [1.54, 1.807) is 7.05 Å². The van der Waals surface area contributed by atoms with Crippen molar-refractivity contribution in [3.05, 3.63) is 17.7 Å². The second-order valence-corrected chi connectivity index (χ2v) is 3.98. The molecule has 2 rings (SSSR count). The van der Waals surface area contributed by atoms with Gasteiger partial charge in [-0.3, -0.25) is 0 Å². The molecule has 0 aromatic carbocycles. The Morgan fingerprint density at radius 1 is 1.38 bits per heavy atom. The van der Waals surface area contributed by atoms with E-state index in [-0.39, 0.29) is 5.92 Å². The van der Waals surface area contributed by atoms with Crippen LogP contribution in [0.1, 0.15) is 30.3 Å². The minimum atomic E-state index is -4.36. The van der Waals surface area contributed by atoms with Crippen LogP contribution in [0.25, 0.3) is 0 Å². The number of ether oxygens (including phenoxy) is 1. The van der Waals surface area contributed by atoms with E-state index in [0.29, 0.717) is 19.0 Å². The summed E-state index contributed by atoms with van der Waals surface area (Å²) in [5, 5.41) is 0. The van der Waals surface area contributed by atoms with Crippen molar-refractivity contribution >= 4 is 0 Å². The van der Waals surface area contributed by atoms with E-state index in [4.69, 9.17) is 4.74 Å². The second-order valence-electron chi connectivity index (χ2n) is 3.98. The minimum absolute atomic E-state index is 0.0786. The molecule has 1 aliphatic rings. The summed E-state index contributed by atoms with van der Waals surface area (Å²) in [5.74, 6) is 0.588. The molecule has 3 nitrogen and oxygen atoms in total. The van der Waals surface area contributed by atoms with Crippen LogP contribution in [-0.2, 0) is 18.0 Å². The number of aryl methyl sites for hydroxylation is 1. The Hall–Kier alpha value is -1.04. The molecule has 1 aromatic heterocycles. The Balaban J connectivity index is 2.24. The number of nitrogens with zero attached hydrogens (tertiary/aromatic N) is 2. The van der Waals surface area contributed by atoms with Crippen LogP contribution in [0.4, 0.5) is 13.2 Å². The van der Waals surface area contributed by atoms with Gasteiger partial charge in [-0.05, 0) is 12.8 Å². The molecule has 0 atom stereocenters. The molecule has 1 aliphatic heterocycles. The highest BCUT2D eigenvalue weighted by Crippen LogP contribution is 2.32. The standard InChI is InChI=1S/C10H13F3N2O/c1-15-6-8(10(11,12)13)14-9(15)7-2-4-16-5-3-7/h6-7H,2-5H2,1H3. The molecule has 0 spiro atoms. The summed E-state index contributed by atoms with van der Waals surface area (Å²) in [4.78, 5) is 3.69. The summed E-state index contributed by atoms with van der Waals surface area (Å²) in [6.07, 6.45) is -1.84. The predicted molar refractivity (Wildman–Crippen MR) is 51.0 cm³/mol. The Bertz CT molecular complexity index is 367. The van der Waals surface area contributed by atoms with E-state index in [1.807, 2.05) is 0 Å². The largest absolute Gasteiger partial charge is 0.434 e. The smallest absolute Gasteiger partial charge is 0.381 e. The van der Waals surface area contributed by atoms with Crippen molar-refractivity contribution in [2.24, 2.45) is 7.05 Å². The molecule has 90 valence electrons. The zero-order valence-corrected chi connectivity index (χ0v) is 8.92. The van der Waals surface area contributed by atoms with Crippen LogP contribution in [-0.4, -0.2) is 22.8 Å². The summed E-state index contributed by atoms with van der Waals surface area (Å²) in [7, 11) is 1.60. The molecule has 0 unspecified atom stereocenters. The number of alkyl halides is 3. The molecule has 2 heterocycles. The number of halogens is 3. The average molecular weight is 234 g/mol. The first-order valence-electron chi connectivity index (χ1n) is 5.16. The number of hydrogen-bond acceptors (Lipinski definition) is 2. The molecule has 0 N–H and O–H groups in total. The SMILES string of the molecule is Cn1cc(C(F)(F)F)nc1C1CCOCC1. The number of aromatic nitrogens is 2. The summed E-state index contributed by atoms with van der Waals surface area (Å²) in [5.41, 5.74) is -0.809. The van der Waals surface area contributed by atoms with Gasteiger partial charge in [0, 0.05) is 32.4 Å². The summed E-state index contributed by atoms with van der Waals surface area (Å²) < 4.78 is 44.0. The third-order valence-corrected chi connectivity index (χ3v) is 2.79. The Labute approximate surface area is 91.2 Å². The van der Waals surface area contributed by atoms with Gasteiger partial charge in [0.05, 0.1) is 0 Å². The molecule has 1 saturated heterocycles. The van der Waals surface area contributed by atoms with Gasteiger partial charge in [-0.2, -0.15) is 13.2 Å². The van der Waals surface area contributed by atoms with E-state index >= 15 is 0 Å². The molecule has 0 aliphatic carbocycles. The Kier molecular flexibility index (Phi) is 2.92. The third-order valence-electron chi connectivity index (χ3n) is 2.79. The fourth-order valence-electron chi connectivity index (χ4n) is 1.95. The average Bonchev–Trinajstić information content (AvgIpc) is 2.61. The lowest BCUT2D eigenvalue weighted by atomic mass is 10.00. The van der Waals surface area contributed by atoms with Crippen molar-refractivity contribution in [2.45, 2.75) is 24.9 Å². The second kappa shape index (κ2) is 4.08. The molecule has 16 heavy (non-hydrogen) atoms. The van der Waals surface area contributed by atoms with Gasteiger partial charge in [0.2, 0.25) is 0 Å². The van der Waals surface area contributed by atoms with Gasteiger partial charge < -0.3 is 9.30 Å². The van der Waals surface area contributed by atoms with Gasteiger partial charge in [0.15, 0.2) is 5.69 Å². The lowest BCUT2D eigenvalue weighted by Gasteiger charge is -2.21. The van der Waals surface area contributed by atoms with Crippen molar-refractivity contribution in [1.82, 2.24) is 9.55 Å². The normalized spacial score (nSPS) is 19.0. The van der Waals surface area contributed by atoms with Crippen molar-refractivity contribution < 1.29 is 17.9 Å².